The van der Waals surface area contributed by atoms with E-state index in [0.29, 0.717) is 12.1 Å². The van der Waals surface area contributed by atoms with E-state index in [0.717, 1.165) is 12.8 Å². The third-order valence-electron chi connectivity index (χ3n) is 4.89. The number of carbonyl (C=O) groups excluding carboxylic acids is 1. The summed E-state index contributed by atoms with van der Waals surface area (Å²) in [5, 5.41) is 12.9. The molecule has 0 spiro atoms. The normalized spacial score (nSPS) is 30.1. The summed E-state index contributed by atoms with van der Waals surface area (Å²) in [4.78, 5) is 14.5. The number of nitrogens with one attached hydrogen (secondary N) is 1. The van der Waals surface area contributed by atoms with Crippen molar-refractivity contribution in [3.8, 4) is 0 Å². The average molecular weight is 292 g/mol. The number of carbonyl (C=O) groups is 1. The fourth-order valence-electron chi connectivity index (χ4n) is 3.65. The van der Waals surface area contributed by atoms with Crippen molar-refractivity contribution in [3.05, 3.63) is 35.6 Å². The number of aliphatic hydroxyl groups excluding tert-OH is 1. The van der Waals surface area contributed by atoms with Crippen LogP contribution >= 0.6 is 0 Å². The van der Waals surface area contributed by atoms with Gasteiger partial charge in [-0.2, -0.15) is 0 Å². The number of benzene rings is 1. The summed E-state index contributed by atoms with van der Waals surface area (Å²) < 4.78 is 13.6. The first-order valence-corrected chi connectivity index (χ1v) is 7.51. The molecule has 2 aliphatic heterocycles. The number of hydrogen-bond donors (Lipinski definition) is 2. The largest absolute Gasteiger partial charge is 0.378 e. The van der Waals surface area contributed by atoms with Crippen molar-refractivity contribution >= 4 is 5.91 Å². The highest BCUT2D eigenvalue weighted by atomic mass is 19.1. The number of nitrogens with zero attached hydrogens (tertiary/aromatic N) is 1. The smallest absolute Gasteiger partial charge is 0.253 e. The maximum absolute atomic E-state index is 13.6. The number of aliphatic hydroxyl groups is 1. The van der Waals surface area contributed by atoms with E-state index in [9.17, 15) is 14.3 Å². The highest BCUT2D eigenvalue weighted by Crippen LogP contribution is 2.34. The number of amides is 1. The molecule has 2 N–H and O–H groups in total. The van der Waals surface area contributed by atoms with Gasteiger partial charge >= 0.3 is 0 Å². The Hall–Kier alpha value is -1.46. The van der Waals surface area contributed by atoms with Gasteiger partial charge in [-0.3, -0.25) is 4.79 Å². The lowest BCUT2D eigenvalue weighted by molar-refractivity contribution is -0.131. The summed E-state index contributed by atoms with van der Waals surface area (Å²) >= 11 is 0. The highest BCUT2D eigenvalue weighted by molar-refractivity contribution is 5.82. The van der Waals surface area contributed by atoms with Gasteiger partial charge < -0.3 is 15.3 Å². The maximum Gasteiger partial charge on any atom is 0.253 e. The predicted octanol–water partition coefficient (Wildman–Crippen LogP) is 1.60. The van der Waals surface area contributed by atoms with Gasteiger partial charge in [0.1, 0.15) is 5.82 Å². The molecule has 0 aromatic heterocycles. The average Bonchev–Trinajstić information content (AvgIpc) is 2.69. The van der Waals surface area contributed by atoms with E-state index in [-0.39, 0.29) is 11.6 Å². The Kier molecular flexibility index (Phi) is 3.95. The molecule has 2 saturated heterocycles. The Labute approximate surface area is 124 Å². The van der Waals surface area contributed by atoms with Crippen molar-refractivity contribution in [2.75, 3.05) is 7.05 Å². The van der Waals surface area contributed by atoms with Crippen molar-refractivity contribution in [1.82, 2.24) is 10.2 Å². The predicted molar refractivity (Wildman–Crippen MR) is 77.1 cm³/mol. The molecule has 21 heavy (non-hydrogen) atoms. The van der Waals surface area contributed by atoms with E-state index in [1.165, 1.54) is 31.0 Å². The molecule has 114 valence electrons. The number of piperidine rings is 1. The summed E-state index contributed by atoms with van der Waals surface area (Å²) in [5.74, 6) is -1.06. The lowest BCUT2D eigenvalue weighted by Gasteiger charge is -2.36. The van der Waals surface area contributed by atoms with Crippen molar-refractivity contribution in [2.45, 2.75) is 49.9 Å². The molecule has 2 unspecified atom stereocenters. The van der Waals surface area contributed by atoms with Gasteiger partial charge in [0.25, 0.3) is 5.91 Å². The molecule has 4 atom stereocenters. The van der Waals surface area contributed by atoms with Crippen LogP contribution in [0.2, 0.25) is 0 Å². The Balaban J connectivity index is 1.63. The maximum atomic E-state index is 13.6. The van der Waals surface area contributed by atoms with Crippen LogP contribution in [0.3, 0.4) is 0 Å². The zero-order chi connectivity index (χ0) is 15.0. The standard InChI is InChI=1S/C16H21FN2O2/c1-19-11-6-7-12(19)9-10(8-11)18-16(21)15(20)13-4-2-3-5-14(13)17/h2-5,10-12,15,20H,6-9H2,1H3,(H,18,21)/t10?,11-,12+,15?. The second-order valence-electron chi connectivity index (χ2n) is 6.15. The second-order valence-corrected chi connectivity index (χ2v) is 6.15. The first kappa shape index (κ1) is 14.5. The lowest BCUT2D eigenvalue weighted by Crippen LogP contribution is -2.49. The minimum absolute atomic E-state index is 0.0332. The van der Waals surface area contributed by atoms with Crippen LogP contribution in [-0.4, -0.2) is 41.1 Å². The SMILES string of the molecule is CN1[C@@H]2CC[C@H]1CC(NC(=O)C(O)c1ccccc1F)C2. The zero-order valence-corrected chi connectivity index (χ0v) is 12.1. The fraction of sp³-hybridized carbons (Fsp3) is 0.562. The van der Waals surface area contributed by atoms with Crippen molar-refractivity contribution in [3.63, 3.8) is 0 Å². The third-order valence-corrected chi connectivity index (χ3v) is 4.89. The molecule has 3 rings (SSSR count). The minimum atomic E-state index is -1.44. The molecule has 0 aliphatic carbocycles. The van der Waals surface area contributed by atoms with E-state index >= 15 is 0 Å². The first-order chi connectivity index (χ1) is 10.1. The zero-order valence-electron chi connectivity index (χ0n) is 12.1. The van der Waals surface area contributed by atoms with E-state index < -0.39 is 17.8 Å². The Morgan fingerprint density at radius 2 is 1.95 bits per heavy atom. The number of hydrogen-bond acceptors (Lipinski definition) is 3. The molecular formula is C16H21FN2O2. The molecular weight excluding hydrogens is 271 g/mol. The molecule has 1 amide bonds. The van der Waals surface area contributed by atoms with Crippen LogP contribution in [0.15, 0.2) is 24.3 Å². The lowest BCUT2D eigenvalue weighted by atomic mass is 9.97. The van der Waals surface area contributed by atoms with Crippen LogP contribution in [0.5, 0.6) is 0 Å². The summed E-state index contributed by atoms with van der Waals surface area (Å²) in [6, 6.07) is 6.95. The first-order valence-electron chi connectivity index (χ1n) is 7.51. The molecule has 0 radical (unpaired) electrons. The summed E-state index contributed by atoms with van der Waals surface area (Å²) in [6.45, 7) is 0. The van der Waals surface area contributed by atoms with E-state index in [1.807, 2.05) is 0 Å². The second kappa shape index (κ2) is 5.73. The molecule has 2 bridgehead atoms. The molecule has 1 aromatic rings. The minimum Gasteiger partial charge on any atom is -0.378 e. The van der Waals surface area contributed by atoms with Gasteiger partial charge in [0.2, 0.25) is 0 Å². The van der Waals surface area contributed by atoms with Crippen molar-refractivity contribution in [1.29, 1.82) is 0 Å². The molecule has 2 fully saturated rings. The van der Waals surface area contributed by atoms with Gasteiger partial charge in [0, 0.05) is 23.7 Å². The molecule has 2 heterocycles. The Bertz CT molecular complexity index is 523. The van der Waals surface area contributed by atoms with E-state index in [1.54, 1.807) is 6.07 Å². The Morgan fingerprint density at radius 3 is 2.57 bits per heavy atom. The molecule has 4 nitrogen and oxygen atoms in total. The summed E-state index contributed by atoms with van der Waals surface area (Å²) in [5.41, 5.74) is 0.0332. The van der Waals surface area contributed by atoms with Crippen molar-refractivity contribution in [2.24, 2.45) is 0 Å². The van der Waals surface area contributed by atoms with E-state index in [4.69, 9.17) is 0 Å². The van der Waals surface area contributed by atoms with Crippen LogP contribution in [-0.2, 0) is 4.79 Å². The molecule has 5 heteroatoms. The molecule has 1 aromatic carbocycles. The number of fused-ring (bicyclic) bond motifs is 2. The quantitative estimate of drug-likeness (QED) is 0.890. The van der Waals surface area contributed by atoms with Gasteiger partial charge in [-0.05, 0) is 38.8 Å². The van der Waals surface area contributed by atoms with Gasteiger partial charge in [-0.1, -0.05) is 18.2 Å². The van der Waals surface area contributed by atoms with Gasteiger partial charge in [-0.25, -0.2) is 4.39 Å². The Morgan fingerprint density at radius 1 is 1.33 bits per heavy atom. The highest BCUT2D eigenvalue weighted by Gasteiger charge is 2.39. The van der Waals surface area contributed by atoms with Crippen LogP contribution in [0, 0.1) is 5.82 Å². The van der Waals surface area contributed by atoms with Crippen LogP contribution < -0.4 is 5.32 Å². The molecule has 2 aliphatic rings. The van der Waals surface area contributed by atoms with E-state index in [2.05, 4.69) is 17.3 Å². The monoisotopic (exact) mass is 292 g/mol. The van der Waals surface area contributed by atoms with Crippen LogP contribution in [0.1, 0.15) is 37.4 Å². The van der Waals surface area contributed by atoms with Crippen LogP contribution in [0.25, 0.3) is 0 Å². The van der Waals surface area contributed by atoms with Gasteiger partial charge in [-0.15, -0.1) is 0 Å². The van der Waals surface area contributed by atoms with Crippen LogP contribution in [0.4, 0.5) is 4.39 Å². The summed E-state index contributed by atoms with van der Waals surface area (Å²) in [7, 11) is 2.13. The summed E-state index contributed by atoms with van der Waals surface area (Å²) in [6.07, 6.45) is 2.71. The topological polar surface area (TPSA) is 52.6 Å². The van der Waals surface area contributed by atoms with Crippen molar-refractivity contribution < 1.29 is 14.3 Å². The number of halogens is 1. The van der Waals surface area contributed by atoms with Gasteiger partial charge in [0.05, 0.1) is 0 Å². The fourth-order valence-corrected chi connectivity index (χ4v) is 3.65. The molecule has 0 saturated carbocycles. The third kappa shape index (κ3) is 2.80. The van der Waals surface area contributed by atoms with Gasteiger partial charge in [0.15, 0.2) is 6.10 Å². The number of rotatable bonds is 3.